The van der Waals surface area contributed by atoms with E-state index in [1.165, 1.54) is 11.3 Å². The third-order valence-corrected chi connectivity index (χ3v) is 6.25. The van der Waals surface area contributed by atoms with Crippen LogP contribution in [0.4, 0.5) is 22.1 Å². The number of azo groups is 1. The van der Waals surface area contributed by atoms with Crippen LogP contribution in [0.3, 0.4) is 0 Å². The number of carbonyl (C=O) groups is 1. The molecule has 0 bridgehead atoms. The Hall–Kier alpha value is -3.54. The second-order valence-electron chi connectivity index (χ2n) is 7.62. The third-order valence-electron chi connectivity index (χ3n) is 5.26. The minimum absolute atomic E-state index is 0.0867. The van der Waals surface area contributed by atoms with Gasteiger partial charge in [0, 0.05) is 29.3 Å². The number of aryl methyl sites for hydroxylation is 3. The Kier molecular flexibility index (Phi) is 7.93. The Morgan fingerprint density at radius 3 is 2.48 bits per heavy atom. The molecule has 3 rings (SSSR count). The van der Waals surface area contributed by atoms with Crippen LogP contribution in [-0.4, -0.2) is 30.7 Å². The molecular weight excluding hydrogens is 434 g/mol. The predicted octanol–water partition coefficient (Wildman–Crippen LogP) is 6.03. The van der Waals surface area contributed by atoms with Gasteiger partial charge in [-0.3, -0.25) is 4.79 Å². The smallest absolute Gasteiger partial charge is 0.258 e. The standard InChI is InChI=1S/C25H27N5O2S/c1-5-30(12-13-31)20-9-7-19(8-10-20)28-29-25-21(15-26)23(18(4)33-25)24(32)27-22-11-6-16(2)14-17(22)3/h6-11,14,31H,5,12-13H2,1-4H3,(H,27,32). The van der Waals surface area contributed by atoms with Gasteiger partial charge in [0.15, 0.2) is 5.00 Å². The molecule has 0 aliphatic rings. The second kappa shape index (κ2) is 10.9. The molecule has 2 aromatic carbocycles. The van der Waals surface area contributed by atoms with Crippen molar-refractivity contribution in [1.29, 1.82) is 5.26 Å². The van der Waals surface area contributed by atoms with Crippen LogP contribution in [0.15, 0.2) is 52.7 Å². The quantitative estimate of drug-likeness (QED) is 0.400. The van der Waals surface area contributed by atoms with Crippen molar-refractivity contribution in [3.05, 3.63) is 69.6 Å². The number of rotatable bonds is 8. The van der Waals surface area contributed by atoms with Gasteiger partial charge in [0.1, 0.15) is 11.6 Å². The molecule has 0 saturated carbocycles. The average Bonchev–Trinajstić information content (AvgIpc) is 3.13. The first-order chi connectivity index (χ1) is 15.9. The molecule has 0 aliphatic heterocycles. The minimum Gasteiger partial charge on any atom is -0.395 e. The van der Waals surface area contributed by atoms with Gasteiger partial charge in [-0.1, -0.05) is 17.7 Å². The molecular formula is C25H27N5O2S. The molecule has 8 heteroatoms. The summed E-state index contributed by atoms with van der Waals surface area (Å²) in [4.78, 5) is 15.7. The fourth-order valence-corrected chi connectivity index (χ4v) is 4.46. The van der Waals surface area contributed by atoms with Crippen molar-refractivity contribution in [2.24, 2.45) is 10.2 Å². The number of hydrogen-bond donors (Lipinski definition) is 2. The van der Waals surface area contributed by atoms with Gasteiger partial charge in [0.2, 0.25) is 0 Å². The molecule has 1 heterocycles. The van der Waals surface area contributed by atoms with Crippen LogP contribution >= 0.6 is 11.3 Å². The number of carbonyl (C=O) groups excluding carboxylic acids is 1. The van der Waals surface area contributed by atoms with Gasteiger partial charge in [-0.25, -0.2) is 0 Å². The normalized spacial score (nSPS) is 10.9. The predicted molar refractivity (Wildman–Crippen MR) is 133 cm³/mol. The van der Waals surface area contributed by atoms with Crippen LogP contribution in [0, 0.1) is 32.1 Å². The van der Waals surface area contributed by atoms with Gasteiger partial charge in [-0.2, -0.15) is 5.26 Å². The summed E-state index contributed by atoms with van der Waals surface area (Å²) in [6, 6.07) is 15.4. The maximum Gasteiger partial charge on any atom is 0.258 e. The zero-order valence-electron chi connectivity index (χ0n) is 19.2. The van der Waals surface area contributed by atoms with Crippen molar-refractivity contribution in [3.8, 4) is 6.07 Å². The number of nitrogens with zero attached hydrogens (tertiary/aromatic N) is 4. The van der Waals surface area contributed by atoms with Gasteiger partial charge >= 0.3 is 0 Å². The van der Waals surface area contributed by atoms with Crippen LogP contribution in [0.1, 0.15) is 38.8 Å². The van der Waals surface area contributed by atoms with Crippen LogP contribution in [0.2, 0.25) is 0 Å². The fourth-order valence-electron chi connectivity index (χ4n) is 3.54. The Bertz CT molecular complexity index is 1210. The number of likely N-dealkylation sites (N-methyl/N-ethyl adjacent to an activating group) is 1. The molecule has 2 N–H and O–H groups in total. The average molecular weight is 462 g/mol. The molecule has 0 atom stereocenters. The number of anilines is 2. The van der Waals surface area contributed by atoms with Crippen molar-refractivity contribution in [1.82, 2.24) is 0 Å². The van der Waals surface area contributed by atoms with Crippen LogP contribution in [-0.2, 0) is 0 Å². The van der Waals surface area contributed by atoms with E-state index in [4.69, 9.17) is 0 Å². The monoisotopic (exact) mass is 461 g/mol. The summed E-state index contributed by atoms with van der Waals surface area (Å²) in [5.74, 6) is -0.332. The lowest BCUT2D eigenvalue weighted by atomic mass is 10.1. The van der Waals surface area contributed by atoms with E-state index in [1.54, 1.807) is 6.92 Å². The van der Waals surface area contributed by atoms with E-state index >= 15 is 0 Å². The summed E-state index contributed by atoms with van der Waals surface area (Å²) in [5.41, 5.74) is 4.95. The number of thiophene rings is 1. The summed E-state index contributed by atoms with van der Waals surface area (Å²) in [6.45, 7) is 9.19. The second-order valence-corrected chi connectivity index (χ2v) is 8.82. The van der Waals surface area contributed by atoms with E-state index in [0.29, 0.717) is 33.4 Å². The molecule has 7 nitrogen and oxygen atoms in total. The summed E-state index contributed by atoms with van der Waals surface area (Å²) in [6.07, 6.45) is 0. The topological polar surface area (TPSA) is 101 Å². The first kappa shape index (κ1) is 24.1. The highest BCUT2D eigenvalue weighted by Gasteiger charge is 2.22. The Balaban J connectivity index is 1.82. The number of aliphatic hydroxyl groups is 1. The zero-order valence-corrected chi connectivity index (χ0v) is 20.0. The molecule has 0 radical (unpaired) electrons. The highest BCUT2D eigenvalue weighted by Crippen LogP contribution is 2.36. The number of nitriles is 1. The maximum atomic E-state index is 13.0. The summed E-state index contributed by atoms with van der Waals surface area (Å²) < 4.78 is 0. The lowest BCUT2D eigenvalue weighted by Gasteiger charge is -2.21. The highest BCUT2D eigenvalue weighted by molar-refractivity contribution is 7.16. The molecule has 0 spiro atoms. The minimum atomic E-state index is -0.332. The summed E-state index contributed by atoms with van der Waals surface area (Å²) in [5, 5.41) is 30.8. The lowest BCUT2D eigenvalue weighted by Crippen LogP contribution is -2.25. The lowest BCUT2D eigenvalue weighted by molar-refractivity contribution is 0.102. The molecule has 33 heavy (non-hydrogen) atoms. The first-order valence-corrected chi connectivity index (χ1v) is 11.5. The molecule has 0 fully saturated rings. The van der Waals surface area contributed by atoms with Crippen molar-refractivity contribution in [2.45, 2.75) is 27.7 Å². The highest BCUT2D eigenvalue weighted by atomic mass is 32.1. The molecule has 1 amide bonds. The number of amides is 1. The molecule has 3 aromatic rings. The Morgan fingerprint density at radius 1 is 1.15 bits per heavy atom. The van der Waals surface area contributed by atoms with Gasteiger partial charge in [0.25, 0.3) is 5.91 Å². The largest absolute Gasteiger partial charge is 0.395 e. The number of aliphatic hydroxyl groups excluding tert-OH is 1. The first-order valence-electron chi connectivity index (χ1n) is 10.7. The summed E-state index contributed by atoms with van der Waals surface area (Å²) in [7, 11) is 0. The van der Waals surface area contributed by atoms with Gasteiger partial charge in [-0.05, 0) is 63.6 Å². The number of hydrogen-bond acceptors (Lipinski definition) is 7. The van der Waals surface area contributed by atoms with E-state index in [0.717, 1.165) is 23.4 Å². The van der Waals surface area contributed by atoms with Crippen LogP contribution in [0.5, 0.6) is 0 Å². The van der Waals surface area contributed by atoms with Crippen molar-refractivity contribution >= 4 is 39.3 Å². The Morgan fingerprint density at radius 2 is 1.88 bits per heavy atom. The van der Waals surface area contributed by atoms with Gasteiger partial charge in [0.05, 0.1) is 17.9 Å². The molecule has 0 unspecified atom stereocenters. The van der Waals surface area contributed by atoms with E-state index in [9.17, 15) is 15.2 Å². The SMILES string of the molecule is CCN(CCO)c1ccc(N=Nc2sc(C)c(C(=O)Nc3ccc(C)cc3C)c2C#N)cc1. The van der Waals surface area contributed by atoms with Gasteiger partial charge < -0.3 is 15.3 Å². The van der Waals surface area contributed by atoms with E-state index < -0.39 is 0 Å². The van der Waals surface area contributed by atoms with E-state index in [2.05, 4.69) is 26.5 Å². The van der Waals surface area contributed by atoms with Crippen molar-refractivity contribution < 1.29 is 9.90 Å². The third kappa shape index (κ3) is 5.64. The molecule has 0 saturated heterocycles. The number of benzene rings is 2. The van der Waals surface area contributed by atoms with Crippen LogP contribution in [0.25, 0.3) is 0 Å². The Labute approximate surface area is 198 Å². The fraction of sp³-hybridized carbons (Fsp3) is 0.280. The summed E-state index contributed by atoms with van der Waals surface area (Å²) >= 11 is 1.27. The van der Waals surface area contributed by atoms with E-state index in [1.807, 2.05) is 63.2 Å². The van der Waals surface area contributed by atoms with Gasteiger partial charge in [-0.15, -0.1) is 21.6 Å². The molecule has 0 aliphatic carbocycles. The maximum absolute atomic E-state index is 13.0. The molecule has 1 aromatic heterocycles. The van der Waals surface area contributed by atoms with E-state index in [-0.39, 0.29) is 18.1 Å². The van der Waals surface area contributed by atoms with Crippen molar-refractivity contribution in [3.63, 3.8) is 0 Å². The van der Waals surface area contributed by atoms with Crippen molar-refractivity contribution in [2.75, 3.05) is 29.9 Å². The number of nitrogens with one attached hydrogen (secondary N) is 1. The molecule has 170 valence electrons. The zero-order chi connectivity index (χ0) is 24.0. The van der Waals surface area contributed by atoms with Crippen LogP contribution < -0.4 is 10.2 Å².